The lowest BCUT2D eigenvalue weighted by Gasteiger charge is -2.12. The summed E-state index contributed by atoms with van der Waals surface area (Å²) in [5.41, 5.74) is 1.93. The second-order valence-electron chi connectivity index (χ2n) is 5.78. The number of carbonyl (C=O) groups excluding carboxylic acids is 1. The average molecular weight is 342 g/mol. The van der Waals surface area contributed by atoms with Crippen molar-refractivity contribution < 1.29 is 9.21 Å². The van der Waals surface area contributed by atoms with Gasteiger partial charge in [-0.15, -0.1) is 0 Å². The van der Waals surface area contributed by atoms with Gasteiger partial charge >= 0.3 is 0 Å². The first-order valence-corrected chi connectivity index (χ1v) is 8.29. The molecule has 4 rings (SSSR count). The minimum atomic E-state index is -0.0407. The molecule has 1 amide bonds. The lowest BCUT2D eigenvalue weighted by Crippen LogP contribution is -2.28. The van der Waals surface area contributed by atoms with Gasteiger partial charge in [-0.3, -0.25) is 4.79 Å². The quantitative estimate of drug-likeness (QED) is 0.723. The van der Waals surface area contributed by atoms with Gasteiger partial charge in [0.05, 0.1) is 12.0 Å². The molecule has 5 nitrogen and oxygen atoms in total. The monoisotopic (exact) mass is 341 g/mol. The fourth-order valence-corrected chi connectivity index (χ4v) is 3.16. The van der Waals surface area contributed by atoms with Crippen LogP contribution in [0.25, 0.3) is 17.1 Å². The summed E-state index contributed by atoms with van der Waals surface area (Å²) >= 11 is 6.11. The molecule has 3 aromatic rings. The largest absolute Gasteiger partial charge is 0.463 e. The van der Waals surface area contributed by atoms with Gasteiger partial charge in [0.1, 0.15) is 5.69 Å². The number of carbonyl (C=O) groups is 1. The summed E-state index contributed by atoms with van der Waals surface area (Å²) in [4.78, 5) is 14.5. The van der Waals surface area contributed by atoms with Crippen molar-refractivity contribution in [2.75, 3.05) is 13.1 Å². The van der Waals surface area contributed by atoms with Crippen LogP contribution in [0.3, 0.4) is 0 Å². The van der Waals surface area contributed by atoms with Crippen LogP contribution in [-0.2, 0) is 0 Å². The maximum absolute atomic E-state index is 12.7. The highest BCUT2D eigenvalue weighted by molar-refractivity contribution is 6.30. The van der Waals surface area contributed by atoms with E-state index >= 15 is 0 Å². The Bertz CT molecular complexity index is 864. The van der Waals surface area contributed by atoms with Crippen molar-refractivity contribution in [1.29, 1.82) is 0 Å². The van der Waals surface area contributed by atoms with Crippen LogP contribution in [0.15, 0.2) is 53.1 Å². The molecule has 0 N–H and O–H groups in total. The number of amides is 1. The lowest BCUT2D eigenvalue weighted by molar-refractivity contribution is 0.0786. The Hall–Kier alpha value is -2.53. The Morgan fingerprint density at radius 1 is 1.12 bits per heavy atom. The molecule has 1 aliphatic heterocycles. The molecular weight excluding hydrogens is 326 g/mol. The Labute approximate surface area is 144 Å². The topological polar surface area (TPSA) is 51.3 Å². The highest BCUT2D eigenvalue weighted by atomic mass is 35.5. The number of benzene rings is 1. The predicted octanol–water partition coefficient (Wildman–Crippen LogP) is 4.02. The zero-order valence-corrected chi connectivity index (χ0v) is 13.7. The van der Waals surface area contributed by atoms with Gasteiger partial charge in [0.15, 0.2) is 11.5 Å². The number of hydrogen-bond donors (Lipinski definition) is 0. The Morgan fingerprint density at radius 3 is 2.67 bits per heavy atom. The van der Waals surface area contributed by atoms with Crippen LogP contribution in [0, 0.1) is 0 Å². The number of likely N-dealkylation sites (tertiary alicyclic amines) is 1. The summed E-state index contributed by atoms with van der Waals surface area (Å²) in [5, 5.41) is 5.14. The summed E-state index contributed by atoms with van der Waals surface area (Å²) < 4.78 is 7.21. The molecule has 0 aliphatic carbocycles. The zero-order valence-electron chi connectivity index (χ0n) is 13.0. The molecule has 0 bridgehead atoms. The SMILES string of the molecule is O=C(c1cc(-c2ccco2)n(-c2cccc(Cl)c2)n1)N1CCCC1. The molecule has 1 fully saturated rings. The van der Waals surface area contributed by atoms with Gasteiger partial charge in [0.2, 0.25) is 0 Å². The molecule has 24 heavy (non-hydrogen) atoms. The van der Waals surface area contributed by atoms with Crippen LogP contribution >= 0.6 is 11.6 Å². The molecule has 0 atom stereocenters. The van der Waals surface area contributed by atoms with E-state index in [1.165, 1.54) is 0 Å². The summed E-state index contributed by atoms with van der Waals surface area (Å²) in [7, 11) is 0. The zero-order chi connectivity index (χ0) is 16.5. The minimum Gasteiger partial charge on any atom is -0.463 e. The first-order valence-electron chi connectivity index (χ1n) is 7.91. The van der Waals surface area contributed by atoms with Gasteiger partial charge in [0, 0.05) is 24.2 Å². The number of hydrogen-bond acceptors (Lipinski definition) is 3. The molecule has 0 radical (unpaired) electrons. The number of rotatable bonds is 3. The predicted molar refractivity (Wildman–Crippen MR) is 91.4 cm³/mol. The van der Waals surface area contributed by atoms with Gasteiger partial charge in [0.25, 0.3) is 5.91 Å². The molecular formula is C18H16ClN3O2. The van der Waals surface area contributed by atoms with Crippen LogP contribution in [-0.4, -0.2) is 33.7 Å². The normalized spacial score (nSPS) is 14.3. The third-order valence-corrected chi connectivity index (χ3v) is 4.38. The third kappa shape index (κ3) is 2.71. The standard InChI is InChI=1S/C18H16ClN3O2/c19-13-5-3-6-14(11-13)22-16(17-7-4-10-24-17)12-15(20-22)18(23)21-8-1-2-9-21/h3-7,10-12H,1-2,8-9H2. The van der Waals surface area contributed by atoms with Crippen molar-refractivity contribution in [2.24, 2.45) is 0 Å². The fraction of sp³-hybridized carbons (Fsp3) is 0.222. The molecule has 3 heterocycles. The van der Waals surface area contributed by atoms with Crippen molar-refractivity contribution in [3.05, 3.63) is 59.4 Å². The van der Waals surface area contributed by atoms with Gasteiger partial charge in [-0.1, -0.05) is 17.7 Å². The molecule has 0 spiro atoms. The minimum absolute atomic E-state index is 0.0407. The summed E-state index contributed by atoms with van der Waals surface area (Å²) in [6.07, 6.45) is 3.70. The number of aromatic nitrogens is 2. The summed E-state index contributed by atoms with van der Waals surface area (Å²) in [6, 6.07) is 12.8. The number of halogens is 1. The van der Waals surface area contributed by atoms with E-state index in [-0.39, 0.29) is 5.91 Å². The smallest absolute Gasteiger partial charge is 0.274 e. The molecule has 0 unspecified atom stereocenters. The van der Waals surface area contributed by atoms with E-state index in [1.807, 2.05) is 35.2 Å². The van der Waals surface area contributed by atoms with Gasteiger partial charge in [-0.05, 0) is 43.2 Å². The van der Waals surface area contributed by atoms with E-state index < -0.39 is 0 Å². The molecule has 2 aromatic heterocycles. The Morgan fingerprint density at radius 2 is 1.96 bits per heavy atom. The Kier molecular flexibility index (Phi) is 3.86. The van der Waals surface area contributed by atoms with E-state index in [2.05, 4.69) is 5.10 Å². The number of furan rings is 1. The maximum atomic E-state index is 12.7. The molecule has 0 saturated carbocycles. The highest BCUT2D eigenvalue weighted by Crippen LogP contribution is 2.26. The van der Waals surface area contributed by atoms with Gasteiger partial charge < -0.3 is 9.32 Å². The van der Waals surface area contributed by atoms with Crippen molar-refractivity contribution in [2.45, 2.75) is 12.8 Å². The van der Waals surface area contributed by atoms with E-state index in [4.69, 9.17) is 16.0 Å². The first-order chi connectivity index (χ1) is 11.7. The lowest BCUT2D eigenvalue weighted by atomic mass is 10.2. The van der Waals surface area contributed by atoms with Gasteiger partial charge in [-0.2, -0.15) is 5.10 Å². The van der Waals surface area contributed by atoms with E-state index in [0.717, 1.165) is 37.3 Å². The first kappa shape index (κ1) is 15.0. The van der Waals surface area contributed by atoms with E-state index in [0.29, 0.717) is 16.5 Å². The van der Waals surface area contributed by atoms with Crippen molar-refractivity contribution in [3.8, 4) is 17.1 Å². The summed E-state index contributed by atoms with van der Waals surface area (Å²) in [6.45, 7) is 1.58. The molecule has 1 aromatic carbocycles. The van der Waals surface area contributed by atoms with Gasteiger partial charge in [-0.25, -0.2) is 4.68 Å². The van der Waals surface area contributed by atoms with Crippen LogP contribution in [0.4, 0.5) is 0 Å². The van der Waals surface area contributed by atoms with E-state index in [9.17, 15) is 4.79 Å². The second kappa shape index (κ2) is 6.17. The number of nitrogens with zero attached hydrogens (tertiary/aromatic N) is 3. The molecule has 1 saturated heterocycles. The van der Waals surface area contributed by atoms with Crippen LogP contribution in [0.2, 0.25) is 5.02 Å². The van der Waals surface area contributed by atoms with Crippen LogP contribution < -0.4 is 0 Å². The van der Waals surface area contributed by atoms with Crippen LogP contribution in [0.5, 0.6) is 0 Å². The van der Waals surface area contributed by atoms with Crippen molar-refractivity contribution in [1.82, 2.24) is 14.7 Å². The van der Waals surface area contributed by atoms with Crippen molar-refractivity contribution >= 4 is 17.5 Å². The van der Waals surface area contributed by atoms with Crippen LogP contribution in [0.1, 0.15) is 23.3 Å². The summed E-state index contributed by atoms with van der Waals surface area (Å²) in [5.74, 6) is 0.615. The second-order valence-corrected chi connectivity index (χ2v) is 6.22. The van der Waals surface area contributed by atoms with E-state index in [1.54, 1.807) is 23.1 Å². The molecule has 6 heteroatoms. The molecule has 1 aliphatic rings. The van der Waals surface area contributed by atoms with Crippen molar-refractivity contribution in [3.63, 3.8) is 0 Å². The fourth-order valence-electron chi connectivity index (χ4n) is 2.97. The highest BCUT2D eigenvalue weighted by Gasteiger charge is 2.24. The average Bonchev–Trinajstić information content (AvgIpc) is 3.33. The maximum Gasteiger partial charge on any atom is 0.274 e. The third-order valence-electron chi connectivity index (χ3n) is 4.15. The molecule has 122 valence electrons. The Balaban J connectivity index is 1.80.